The van der Waals surface area contributed by atoms with E-state index in [1.54, 1.807) is 6.92 Å². The van der Waals surface area contributed by atoms with Crippen molar-refractivity contribution in [2.45, 2.75) is 33.2 Å². The summed E-state index contributed by atoms with van der Waals surface area (Å²) in [5.74, 6) is 0.128. The van der Waals surface area contributed by atoms with Gasteiger partial charge in [0.1, 0.15) is 11.6 Å². The molecule has 0 aliphatic carbocycles. The fraction of sp³-hybridized carbons (Fsp3) is 0.409. The van der Waals surface area contributed by atoms with Crippen LogP contribution < -0.4 is 5.56 Å². The van der Waals surface area contributed by atoms with Crippen molar-refractivity contribution in [3.05, 3.63) is 68.6 Å². The molecule has 0 saturated carbocycles. The molecule has 0 spiro atoms. The normalized spacial score (nSPS) is 14.7. The molecule has 3 rings (SSSR count). The molecule has 1 aliphatic heterocycles. The number of nitrogens with one attached hydrogen (secondary N) is 1. The Hall–Kier alpha value is -2.91. The quantitative estimate of drug-likeness (QED) is 0.864. The molecule has 1 N–H and O–H groups in total. The number of rotatable bonds is 5. The summed E-state index contributed by atoms with van der Waals surface area (Å²) in [6.07, 6.45) is 0.920. The Labute approximate surface area is 165 Å². The number of carbonyl (C=O) groups excluding carboxylic acids is 1. The molecular weight excluding hydrogens is 352 g/mol. The van der Waals surface area contributed by atoms with Crippen LogP contribution in [-0.4, -0.2) is 46.9 Å². The lowest BCUT2D eigenvalue weighted by molar-refractivity contribution is -0.133. The number of piperazine rings is 1. The van der Waals surface area contributed by atoms with E-state index in [0.29, 0.717) is 18.4 Å². The zero-order valence-electron chi connectivity index (χ0n) is 16.5. The van der Waals surface area contributed by atoms with E-state index < -0.39 is 0 Å². The van der Waals surface area contributed by atoms with Crippen LogP contribution in [0, 0.1) is 25.2 Å². The highest BCUT2D eigenvalue weighted by Gasteiger charge is 2.21. The monoisotopic (exact) mass is 378 g/mol. The average Bonchev–Trinajstić information content (AvgIpc) is 2.69. The second kappa shape index (κ2) is 8.85. The molecule has 28 heavy (non-hydrogen) atoms. The molecule has 1 aromatic carbocycles. The standard InChI is InChI=1S/C22H26N4O2/c1-16-19(17(2)24-22(28)20(16)14-23)8-9-21(27)26-12-10-25(11-13-26)15-18-6-4-3-5-7-18/h3-7H,8-13,15H2,1-2H3,(H,24,28). The van der Waals surface area contributed by atoms with Gasteiger partial charge < -0.3 is 9.88 Å². The summed E-state index contributed by atoms with van der Waals surface area (Å²) in [4.78, 5) is 31.5. The van der Waals surface area contributed by atoms with E-state index in [0.717, 1.165) is 44.0 Å². The number of nitriles is 1. The summed E-state index contributed by atoms with van der Waals surface area (Å²) in [6.45, 7) is 7.72. The van der Waals surface area contributed by atoms with Gasteiger partial charge in [-0.25, -0.2) is 0 Å². The molecule has 0 bridgehead atoms. The zero-order valence-corrected chi connectivity index (χ0v) is 16.5. The molecule has 1 fully saturated rings. The van der Waals surface area contributed by atoms with Crippen LogP contribution in [0.4, 0.5) is 0 Å². The molecule has 146 valence electrons. The van der Waals surface area contributed by atoms with Crippen molar-refractivity contribution in [1.82, 2.24) is 14.8 Å². The topological polar surface area (TPSA) is 80.2 Å². The highest BCUT2D eigenvalue weighted by Crippen LogP contribution is 2.16. The molecule has 0 atom stereocenters. The molecule has 6 heteroatoms. The minimum atomic E-state index is -0.359. The Morgan fingerprint density at radius 3 is 2.46 bits per heavy atom. The summed E-state index contributed by atoms with van der Waals surface area (Å²) >= 11 is 0. The maximum absolute atomic E-state index is 12.7. The number of hydrogen-bond donors (Lipinski definition) is 1. The fourth-order valence-corrected chi connectivity index (χ4v) is 3.81. The minimum Gasteiger partial charge on any atom is -0.340 e. The van der Waals surface area contributed by atoms with Crippen molar-refractivity contribution >= 4 is 5.91 Å². The molecule has 1 aromatic heterocycles. The predicted molar refractivity (Wildman–Crippen MR) is 108 cm³/mol. The third-order valence-electron chi connectivity index (χ3n) is 5.48. The first kappa shape index (κ1) is 19.8. The first-order valence-electron chi connectivity index (χ1n) is 9.66. The number of nitrogens with zero attached hydrogens (tertiary/aromatic N) is 3. The Kier molecular flexibility index (Phi) is 6.27. The largest absolute Gasteiger partial charge is 0.340 e. The van der Waals surface area contributed by atoms with E-state index in [1.165, 1.54) is 5.56 Å². The van der Waals surface area contributed by atoms with E-state index in [4.69, 9.17) is 0 Å². The maximum Gasteiger partial charge on any atom is 0.266 e. The number of aromatic nitrogens is 1. The van der Waals surface area contributed by atoms with Crippen LogP contribution in [0.5, 0.6) is 0 Å². The summed E-state index contributed by atoms with van der Waals surface area (Å²) in [5, 5.41) is 9.18. The van der Waals surface area contributed by atoms with Gasteiger partial charge in [0.05, 0.1) is 0 Å². The number of hydrogen-bond acceptors (Lipinski definition) is 4. The van der Waals surface area contributed by atoms with Gasteiger partial charge >= 0.3 is 0 Å². The molecule has 1 saturated heterocycles. The molecule has 2 aromatic rings. The van der Waals surface area contributed by atoms with Crippen LogP contribution >= 0.6 is 0 Å². The van der Waals surface area contributed by atoms with Crippen LogP contribution in [-0.2, 0) is 17.8 Å². The van der Waals surface area contributed by atoms with Crippen LogP contribution in [0.15, 0.2) is 35.1 Å². The highest BCUT2D eigenvalue weighted by atomic mass is 16.2. The van der Waals surface area contributed by atoms with Crippen molar-refractivity contribution in [1.29, 1.82) is 5.26 Å². The Morgan fingerprint density at radius 1 is 1.14 bits per heavy atom. The second-order valence-corrected chi connectivity index (χ2v) is 7.31. The van der Waals surface area contributed by atoms with Crippen molar-refractivity contribution in [2.24, 2.45) is 0 Å². The number of amides is 1. The maximum atomic E-state index is 12.7. The van der Waals surface area contributed by atoms with Gasteiger partial charge in [-0.15, -0.1) is 0 Å². The first-order chi connectivity index (χ1) is 13.5. The SMILES string of the molecule is Cc1[nH]c(=O)c(C#N)c(C)c1CCC(=O)N1CCN(Cc2ccccc2)CC1. The van der Waals surface area contributed by atoms with Crippen LogP contribution in [0.25, 0.3) is 0 Å². The Bertz CT molecular complexity index is 935. The zero-order chi connectivity index (χ0) is 20.1. The van der Waals surface area contributed by atoms with Crippen molar-refractivity contribution < 1.29 is 4.79 Å². The van der Waals surface area contributed by atoms with E-state index in [-0.39, 0.29) is 17.0 Å². The van der Waals surface area contributed by atoms with Crippen molar-refractivity contribution in [2.75, 3.05) is 26.2 Å². The van der Waals surface area contributed by atoms with Crippen molar-refractivity contribution in [3.8, 4) is 6.07 Å². The van der Waals surface area contributed by atoms with Gasteiger partial charge in [-0.05, 0) is 37.0 Å². The van der Waals surface area contributed by atoms with Gasteiger partial charge in [0.15, 0.2) is 0 Å². The third-order valence-corrected chi connectivity index (χ3v) is 5.48. The van der Waals surface area contributed by atoms with Gasteiger partial charge in [0, 0.05) is 44.8 Å². The molecule has 0 radical (unpaired) electrons. The van der Waals surface area contributed by atoms with Crippen LogP contribution in [0.2, 0.25) is 0 Å². The smallest absolute Gasteiger partial charge is 0.266 e. The Balaban J connectivity index is 1.54. The average molecular weight is 378 g/mol. The van der Waals surface area contributed by atoms with E-state index >= 15 is 0 Å². The molecular formula is C22H26N4O2. The minimum absolute atomic E-state index is 0.128. The fourth-order valence-electron chi connectivity index (χ4n) is 3.81. The Morgan fingerprint density at radius 2 is 1.82 bits per heavy atom. The number of aromatic amines is 1. The second-order valence-electron chi connectivity index (χ2n) is 7.31. The number of pyridine rings is 1. The van der Waals surface area contributed by atoms with Crippen LogP contribution in [0.1, 0.15) is 34.4 Å². The lowest BCUT2D eigenvalue weighted by Gasteiger charge is -2.35. The number of carbonyl (C=O) groups is 1. The molecule has 1 aliphatic rings. The third kappa shape index (κ3) is 4.49. The van der Waals surface area contributed by atoms with E-state index in [9.17, 15) is 14.9 Å². The molecule has 1 amide bonds. The molecule has 6 nitrogen and oxygen atoms in total. The number of aryl methyl sites for hydroxylation is 1. The first-order valence-corrected chi connectivity index (χ1v) is 9.66. The van der Waals surface area contributed by atoms with Crippen LogP contribution in [0.3, 0.4) is 0 Å². The number of benzene rings is 1. The summed E-state index contributed by atoms with van der Waals surface area (Å²) in [7, 11) is 0. The van der Waals surface area contributed by atoms with E-state index in [2.05, 4.69) is 22.0 Å². The highest BCUT2D eigenvalue weighted by molar-refractivity contribution is 5.76. The van der Waals surface area contributed by atoms with E-state index in [1.807, 2.05) is 36.1 Å². The van der Waals surface area contributed by atoms with Crippen molar-refractivity contribution in [3.63, 3.8) is 0 Å². The summed E-state index contributed by atoms with van der Waals surface area (Å²) < 4.78 is 0. The van der Waals surface area contributed by atoms with Gasteiger partial charge in [-0.1, -0.05) is 30.3 Å². The number of H-pyrrole nitrogens is 1. The van der Waals surface area contributed by atoms with Gasteiger partial charge in [0.25, 0.3) is 5.56 Å². The summed E-state index contributed by atoms with van der Waals surface area (Å²) in [5.41, 5.74) is 3.39. The molecule has 2 heterocycles. The summed E-state index contributed by atoms with van der Waals surface area (Å²) in [6, 6.07) is 12.3. The molecule has 0 unspecified atom stereocenters. The van der Waals surface area contributed by atoms with Gasteiger partial charge in [-0.2, -0.15) is 5.26 Å². The van der Waals surface area contributed by atoms with Gasteiger partial charge in [-0.3, -0.25) is 14.5 Å². The van der Waals surface area contributed by atoms with Gasteiger partial charge in [0.2, 0.25) is 5.91 Å². The predicted octanol–water partition coefficient (Wildman–Crippen LogP) is 2.14. The lowest BCUT2D eigenvalue weighted by Crippen LogP contribution is -2.48. The lowest BCUT2D eigenvalue weighted by atomic mass is 9.99.